The summed E-state index contributed by atoms with van der Waals surface area (Å²) in [5.74, 6) is -4.49. The Hall–Kier alpha value is -2.81. The summed E-state index contributed by atoms with van der Waals surface area (Å²) in [6.45, 7) is 2.73. The predicted molar refractivity (Wildman–Crippen MR) is 197 cm³/mol. The Kier molecular flexibility index (Phi) is 26.0. The van der Waals surface area contributed by atoms with Crippen molar-refractivity contribution in [1.82, 2.24) is 24.5 Å². The highest BCUT2D eigenvalue weighted by Gasteiger charge is 2.29. The fraction of sp³-hybridized carbons (Fsp3) is 0.865. The molecular formula is C37H69N5O9. The van der Waals surface area contributed by atoms with E-state index in [9.17, 15) is 44.4 Å². The number of hydrogen-bond donors (Lipinski definition) is 4. The molecule has 1 rings (SSSR count). The van der Waals surface area contributed by atoms with Gasteiger partial charge in [0.2, 0.25) is 5.91 Å². The molecule has 0 radical (unpaired) electrons. The van der Waals surface area contributed by atoms with Crippen LogP contribution < -0.4 is 0 Å². The van der Waals surface area contributed by atoms with Gasteiger partial charge < -0.3 is 25.3 Å². The zero-order valence-corrected chi connectivity index (χ0v) is 31.6. The van der Waals surface area contributed by atoms with E-state index in [1.165, 1.54) is 83.5 Å². The van der Waals surface area contributed by atoms with Crippen LogP contribution in [-0.4, -0.2) is 166 Å². The van der Waals surface area contributed by atoms with Gasteiger partial charge in [-0.05, 0) is 6.42 Å². The van der Waals surface area contributed by atoms with Crippen molar-refractivity contribution in [2.75, 3.05) is 85.6 Å². The molecular weight excluding hydrogens is 658 g/mol. The number of nitrogens with zero attached hydrogens (tertiary/aromatic N) is 5. The maximum absolute atomic E-state index is 13.5. The lowest BCUT2D eigenvalue weighted by Crippen LogP contribution is -2.54. The van der Waals surface area contributed by atoms with Crippen molar-refractivity contribution in [2.45, 2.75) is 122 Å². The van der Waals surface area contributed by atoms with Gasteiger partial charge in [-0.2, -0.15) is 0 Å². The van der Waals surface area contributed by atoms with Crippen molar-refractivity contribution < 1.29 is 44.4 Å². The van der Waals surface area contributed by atoms with E-state index in [-0.39, 0.29) is 77.8 Å². The third-order valence-electron chi connectivity index (χ3n) is 9.75. The summed E-state index contributed by atoms with van der Waals surface area (Å²) in [4.78, 5) is 68.4. The molecule has 0 aliphatic carbocycles. The first-order valence-corrected chi connectivity index (χ1v) is 19.4. The highest BCUT2D eigenvalue weighted by molar-refractivity contribution is 5.77. The number of carboxylic acids is 4. The van der Waals surface area contributed by atoms with E-state index in [1.54, 1.807) is 31.5 Å². The Bertz CT molecular complexity index is 1000. The van der Waals surface area contributed by atoms with Gasteiger partial charge in [-0.25, -0.2) is 0 Å². The Morgan fingerprint density at radius 2 is 0.863 bits per heavy atom. The van der Waals surface area contributed by atoms with Crippen LogP contribution in [0.2, 0.25) is 0 Å². The molecule has 14 heteroatoms. The van der Waals surface area contributed by atoms with Gasteiger partial charge in [0.05, 0.1) is 26.2 Å². The highest BCUT2D eigenvalue weighted by atomic mass is 16.4. The van der Waals surface area contributed by atoms with Gasteiger partial charge >= 0.3 is 23.9 Å². The molecule has 1 atom stereocenters. The van der Waals surface area contributed by atoms with Crippen LogP contribution in [-0.2, 0) is 24.0 Å². The largest absolute Gasteiger partial charge is 0.480 e. The minimum atomic E-state index is -1.11. The molecule has 0 aromatic heterocycles. The summed E-state index contributed by atoms with van der Waals surface area (Å²) in [5.41, 5.74) is 0. The first-order chi connectivity index (χ1) is 24.4. The summed E-state index contributed by atoms with van der Waals surface area (Å²) in [6, 6.07) is -0.653. The molecule has 0 aromatic carbocycles. The number of amides is 1. The van der Waals surface area contributed by atoms with Crippen molar-refractivity contribution in [1.29, 1.82) is 0 Å². The van der Waals surface area contributed by atoms with Crippen molar-refractivity contribution in [3.8, 4) is 0 Å². The Balaban J connectivity index is 2.70. The molecule has 0 bridgehead atoms. The molecule has 1 heterocycles. The Morgan fingerprint density at radius 3 is 1.27 bits per heavy atom. The number of carbonyl (C=O) groups is 5. The number of hydrogen-bond acceptors (Lipinski definition) is 9. The lowest BCUT2D eigenvalue weighted by molar-refractivity contribution is -0.142. The molecule has 1 fully saturated rings. The van der Waals surface area contributed by atoms with Crippen molar-refractivity contribution >= 4 is 29.8 Å². The summed E-state index contributed by atoms with van der Waals surface area (Å²) in [6.07, 6.45) is 20.1. The lowest BCUT2D eigenvalue weighted by atomic mass is 10.0. The minimum absolute atomic E-state index is 0.0312. The molecule has 14 nitrogen and oxygen atoms in total. The van der Waals surface area contributed by atoms with Gasteiger partial charge in [-0.3, -0.25) is 43.6 Å². The average molecular weight is 728 g/mol. The van der Waals surface area contributed by atoms with E-state index in [2.05, 4.69) is 6.92 Å². The van der Waals surface area contributed by atoms with Gasteiger partial charge in [-0.1, -0.05) is 103 Å². The molecule has 296 valence electrons. The van der Waals surface area contributed by atoms with E-state index in [0.717, 1.165) is 19.3 Å². The molecule has 1 amide bonds. The molecule has 4 N–H and O–H groups in total. The summed E-state index contributed by atoms with van der Waals surface area (Å²) in [5, 5.41) is 38.3. The second-order valence-electron chi connectivity index (χ2n) is 14.3. The maximum atomic E-state index is 13.5. The van der Waals surface area contributed by atoms with Crippen LogP contribution in [0.4, 0.5) is 0 Å². The molecule has 1 unspecified atom stereocenters. The van der Waals surface area contributed by atoms with Crippen molar-refractivity contribution in [3.63, 3.8) is 0 Å². The second-order valence-corrected chi connectivity index (χ2v) is 14.3. The molecule has 51 heavy (non-hydrogen) atoms. The average Bonchev–Trinajstić information content (AvgIpc) is 3.05. The number of unbranched alkanes of at least 4 members (excludes halogenated alkanes) is 15. The standard InChI is InChI=1S/C37H69N5O9/c1-3-4-5-6-7-8-9-10-11-12-13-14-15-16-17-18-19-38(2)33(43)26-32-27-41(30-36(48)49)23-22-39(28-34(44)45)20-21-40(29-35(46)47)24-25-42(32)31-37(50)51/h32H,3-31H2,1-2H3,(H,44,45)(H,46,47)(H,48,49)(H,50,51). The van der Waals surface area contributed by atoms with Crippen LogP contribution in [0.15, 0.2) is 0 Å². The van der Waals surface area contributed by atoms with Gasteiger partial charge in [0.25, 0.3) is 0 Å². The zero-order chi connectivity index (χ0) is 37.9. The highest BCUT2D eigenvalue weighted by Crippen LogP contribution is 2.15. The van der Waals surface area contributed by atoms with Gasteiger partial charge in [0, 0.05) is 71.9 Å². The van der Waals surface area contributed by atoms with E-state index in [0.29, 0.717) is 6.54 Å². The smallest absolute Gasteiger partial charge is 0.317 e. The molecule has 0 saturated carbocycles. The zero-order valence-electron chi connectivity index (χ0n) is 31.6. The van der Waals surface area contributed by atoms with Crippen LogP contribution in [0.1, 0.15) is 116 Å². The third-order valence-corrected chi connectivity index (χ3v) is 9.75. The summed E-state index contributed by atoms with van der Waals surface area (Å²) in [7, 11) is 1.73. The maximum Gasteiger partial charge on any atom is 0.317 e. The van der Waals surface area contributed by atoms with Crippen LogP contribution in [0.3, 0.4) is 0 Å². The predicted octanol–water partition coefficient (Wildman–Crippen LogP) is 4.03. The topological polar surface area (TPSA) is 182 Å². The summed E-state index contributed by atoms with van der Waals surface area (Å²) < 4.78 is 0. The molecule has 0 spiro atoms. The van der Waals surface area contributed by atoms with Gasteiger partial charge in [0.1, 0.15) is 0 Å². The van der Waals surface area contributed by atoms with Crippen LogP contribution in [0, 0.1) is 0 Å². The number of carbonyl (C=O) groups excluding carboxylic acids is 1. The van der Waals surface area contributed by atoms with Crippen LogP contribution in [0.5, 0.6) is 0 Å². The van der Waals surface area contributed by atoms with E-state index < -0.39 is 36.5 Å². The van der Waals surface area contributed by atoms with Gasteiger partial charge in [-0.15, -0.1) is 0 Å². The Morgan fingerprint density at radius 1 is 0.510 bits per heavy atom. The van der Waals surface area contributed by atoms with Gasteiger partial charge in [0.15, 0.2) is 0 Å². The van der Waals surface area contributed by atoms with Crippen LogP contribution in [0.25, 0.3) is 0 Å². The first kappa shape index (κ1) is 46.2. The quantitative estimate of drug-likeness (QED) is 0.0892. The van der Waals surface area contributed by atoms with E-state index >= 15 is 0 Å². The Labute approximate surface area is 306 Å². The monoisotopic (exact) mass is 728 g/mol. The lowest BCUT2D eigenvalue weighted by Gasteiger charge is -2.37. The number of rotatable bonds is 27. The van der Waals surface area contributed by atoms with Crippen LogP contribution >= 0.6 is 0 Å². The third kappa shape index (κ3) is 24.9. The second kappa shape index (κ2) is 28.7. The number of aliphatic carboxylic acids is 4. The van der Waals surface area contributed by atoms with Crippen molar-refractivity contribution in [3.05, 3.63) is 0 Å². The number of carboxylic acid groups (broad SMARTS) is 4. The fourth-order valence-electron chi connectivity index (χ4n) is 6.73. The molecule has 0 aromatic rings. The van der Waals surface area contributed by atoms with Crippen molar-refractivity contribution in [2.24, 2.45) is 0 Å². The molecule has 1 aliphatic rings. The molecule has 1 saturated heterocycles. The SMILES string of the molecule is CCCCCCCCCCCCCCCCCCN(C)C(=O)CC1CN(CC(=O)O)CCN(CC(=O)O)CCN(CC(=O)O)CCN1CC(=O)O. The minimum Gasteiger partial charge on any atom is -0.480 e. The first-order valence-electron chi connectivity index (χ1n) is 19.4. The van der Waals surface area contributed by atoms with E-state index in [1.807, 2.05) is 0 Å². The fourth-order valence-corrected chi connectivity index (χ4v) is 6.73. The normalized spacial score (nSPS) is 17.4. The molecule has 1 aliphatic heterocycles. The van der Waals surface area contributed by atoms with E-state index in [4.69, 9.17) is 0 Å². The summed E-state index contributed by atoms with van der Waals surface area (Å²) >= 11 is 0.